The van der Waals surface area contributed by atoms with E-state index in [1.807, 2.05) is 32.0 Å². The fourth-order valence-corrected chi connectivity index (χ4v) is 3.15. The summed E-state index contributed by atoms with van der Waals surface area (Å²) in [6.45, 7) is 8.76. The summed E-state index contributed by atoms with van der Waals surface area (Å²) in [4.78, 5) is 0. The second kappa shape index (κ2) is 6.28. The Labute approximate surface area is 132 Å². The fourth-order valence-electron chi connectivity index (χ4n) is 3.15. The van der Waals surface area contributed by atoms with Crippen molar-refractivity contribution in [3.8, 4) is 0 Å². The molecule has 0 radical (unpaired) electrons. The van der Waals surface area contributed by atoms with Crippen LogP contribution in [0.4, 0.5) is 0 Å². The SMILES string of the molecule is CCC(C)[C@H]1O[C@@H]2OC(C)(C)OC2C1OCc1ccccc1. The van der Waals surface area contributed by atoms with Gasteiger partial charge in [0.15, 0.2) is 12.1 Å². The summed E-state index contributed by atoms with van der Waals surface area (Å²) in [6.07, 6.45) is 0.479. The molecule has 0 N–H and O–H groups in total. The van der Waals surface area contributed by atoms with Gasteiger partial charge in [-0.3, -0.25) is 0 Å². The molecular weight excluding hydrogens is 280 g/mol. The molecule has 0 aliphatic carbocycles. The largest absolute Gasteiger partial charge is 0.368 e. The smallest absolute Gasteiger partial charge is 0.190 e. The lowest BCUT2D eigenvalue weighted by Crippen LogP contribution is -2.39. The molecule has 22 heavy (non-hydrogen) atoms. The molecule has 2 aliphatic rings. The molecule has 2 saturated heterocycles. The van der Waals surface area contributed by atoms with Gasteiger partial charge in [-0.15, -0.1) is 0 Å². The molecule has 2 heterocycles. The topological polar surface area (TPSA) is 36.9 Å². The first kappa shape index (κ1) is 15.9. The van der Waals surface area contributed by atoms with Crippen molar-refractivity contribution in [3.05, 3.63) is 35.9 Å². The van der Waals surface area contributed by atoms with Crippen LogP contribution in [0.3, 0.4) is 0 Å². The van der Waals surface area contributed by atoms with E-state index < -0.39 is 5.79 Å². The van der Waals surface area contributed by atoms with Crippen molar-refractivity contribution in [2.24, 2.45) is 5.92 Å². The van der Waals surface area contributed by atoms with Gasteiger partial charge in [-0.25, -0.2) is 0 Å². The number of ether oxygens (including phenoxy) is 4. The first-order valence-electron chi connectivity index (χ1n) is 8.17. The molecule has 1 aromatic carbocycles. The molecule has 122 valence electrons. The number of hydrogen-bond acceptors (Lipinski definition) is 4. The van der Waals surface area contributed by atoms with Crippen molar-refractivity contribution in [1.82, 2.24) is 0 Å². The molecule has 0 amide bonds. The van der Waals surface area contributed by atoms with E-state index in [0.717, 1.165) is 12.0 Å². The van der Waals surface area contributed by atoms with Crippen LogP contribution in [0.5, 0.6) is 0 Å². The third kappa shape index (κ3) is 3.20. The van der Waals surface area contributed by atoms with Gasteiger partial charge < -0.3 is 18.9 Å². The Morgan fingerprint density at radius 1 is 1.18 bits per heavy atom. The fraction of sp³-hybridized carbons (Fsp3) is 0.667. The maximum Gasteiger partial charge on any atom is 0.190 e. The lowest BCUT2D eigenvalue weighted by atomic mass is 9.96. The second-order valence-electron chi connectivity index (χ2n) is 6.72. The van der Waals surface area contributed by atoms with E-state index in [-0.39, 0.29) is 24.6 Å². The number of rotatable bonds is 5. The van der Waals surface area contributed by atoms with Gasteiger partial charge >= 0.3 is 0 Å². The van der Waals surface area contributed by atoms with Crippen LogP contribution >= 0.6 is 0 Å². The molecule has 3 rings (SSSR count). The highest BCUT2D eigenvalue weighted by atomic mass is 16.8. The first-order valence-corrected chi connectivity index (χ1v) is 8.17. The average Bonchev–Trinajstić information content (AvgIpc) is 2.97. The van der Waals surface area contributed by atoms with Gasteiger partial charge in [-0.05, 0) is 25.3 Å². The van der Waals surface area contributed by atoms with Crippen LogP contribution in [-0.2, 0) is 25.6 Å². The second-order valence-corrected chi connectivity index (χ2v) is 6.72. The van der Waals surface area contributed by atoms with Crippen LogP contribution in [-0.4, -0.2) is 30.4 Å². The van der Waals surface area contributed by atoms with Gasteiger partial charge in [0, 0.05) is 0 Å². The Bertz CT molecular complexity index is 487. The molecule has 0 saturated carbocycles. The highest BCUT2D eigenvalue weighted by molar-refractivity contribution is 5.13. The van der Waals surface area contributed by atoms with Gasteiger partial charge in [-0.1, -0.05) is 50.6 Å². The van der Waals surface area contributed by atoms with E-state index >= 15 is 0 Å². The molecule has 4 heteroatoms. The van der Waals surface area contributed by atoms with Gasteiger partial charge in [0.05, 0.1) is 12.7 Å². The van der Waals surface area contributed by atoms with Crippen LogP contribution in [0, 0.1) is 5.92 Å². The maximum atomic E-state index is 6.20. The summed E-state index contributed by atoms with van der Waals surface area (Å²) in [7, 11) is 0. The van der Waals surface area contributed by atoms with Crippen molar-refractivity contribution in [3.63, 3.8) is 0 Å². The molecule has 2 fully saturated rings. The van der Waals surface area contributed by atoms with Crippen LogP contribution < -0.4 is 0 Å². The first-order chi connectivity index (χ1) is 10.5. The van der Waals surface area contributed by atoms with Crippen LogP contribution in [0.1, 0.15) is 39.7 Å². The normalized spacial score (nSPS) is 34.5. The number of benzene rings is 1. The van der Waals surface area contributed by atoms with Crippen LogP contribution in [0.2, 0.25) is 0 Å². The quantitative estimate of drug-likeness (QED) is 0.834. The van der Waals surface area contributed by atoms with Crippen LogP contribution in [0.25, 0.3) is 0 Å². The molecular formula is C18H26O4. The van der Waals surface area contributed by atoms with Crippen molar-refractivity contribution < 1.29 is 18.9 Å². The van der Waals surface area contributed by atoms with Crippen molar-refractivity contribution in [2.45, 2.75) is 71.1 Å². The molecule has 0 spiro atoms. The predicted molar refractivity (Wildman–Crippen MR) is 83.2 cm³/mol. The van der Waals surface area contributed by atoms with E-state index in [1.54, 1.807) is 0 Å². The predicted octanol–water partition coefficient (Wildman–Crippen LogP) is 3.49. The zero-order valence-electron chi connectivity index (χ0n) is 13.8. The zero-order valence-corrected chi connectivity index (χ0v) is 13.8. The Morgan fingerprint density at radius 2 is 1.91 bits per heavy atom. The van der Waals surface area contributed by atoms with Crippen LogP contribution in [0.15, 0.2) is 30.3 Å². The van der Waals surface area contributed by atoms with Crippen molar-refractivity contribution in [1.29, 1.82) is 0 Å². The van der Waals surface area contributed by atoms with E-state index in [1.165, 1.54) is 0 Å². The molecule has 1 aromatic rings. The lowest BCUT2D eigenvalue weighted by Gasteiger charge is -2.29. The van der Waals surface area contributed by atoms with Crippen molar-refractivity contribution >= 4 is 0 Å². The number of fused-ring (bicyclic) bond motifs is 1. The van der Waals surface area contributed by atoms with E-state index in [9.17, 15) is 0 Å². The zero-order chi connectivity index (χ0) is 15.7. The minimum absolute atomic E-state index is 0.0137. The highest BCUT2D eigenvalue weighted by Gasteiger charge is 2.56. The van der Waals surface area contributed by atoms with Crippen molar-refractivity contribution in [2.75, 3.05) is 0 Å². The summed E-state index contributed by atoms with van der Waals surface area (Å²) in [5.74, 6) is -0.203. The van der Waals surface area contributed by atoms with E-state index in [0.29, 0.717) is 12.5 Å². The number of hydrogen-bond donors (Lipinski definition) is 0. The minimum atomic E-state index is -0.607. The Balaban J connectivity index is 1.71. The Kier molecular flexibility index (Phi) is 4.55. The third-order valence-corrected chi connectivity index (χ3v) is 4.52. The summed E-state index contributed by atoms with van der Waals surface area (Å²) >= 11 is 0. The minimum Gasteiger partial charge on any atom is -0.368 e. The summed E-state index contributed by atoms with van der Waals surface area (Å²) in [5, 5.41) is 0. The van der Waals surface area contributed by atoms with E-state index in [4.69, 9.17) is 18.9 Å². The Hall–Kier alpha value is -0.940. The Morgan fingerprint density at radius 3 is 2.59 bits per heavy atom. The molecule has 0 aromatic heterocycles. The molecule has 5 atom stereocenters. The lowest BCUT2D eigenvalue weighted by molar-refractivity contribution is -0.224. The summed E-state index contributed by atoms with van der Waals surface area (Å²) in [5.41, 5.74) is 1.16. The van der Waals surface area contributed by atoms with E-state index in [2.05, 4.69) is 26.0 Å². The average molecular weight is 306 g/mol. The van der Waals surface area contributed by atoms with Gasteiger partial charge in [0.1, 0.15) is 12.2 Å². The monoisotopic (exact) mass is 306 g/mol. The summed E-state index contributed by atoms with van der Waals surface area (Å²) in [6, 6.07) is 10.2. The molecule has 4 nitrogen and oxygen atoms in total. The van der Waals surface area contributed by atoms with Gasteiger partial charge in [-0.2, -0.15) is 0 Å². The standard InChI is InChI=1S/C18H26O4/c1-5-12(2)14-15(19-11-13-9-7-6-8-10-13)16-17(20-14)22-18(3,4)21-16/h6-10,12,14-17H,5,11H2,1-4H3/t12?,14-,15?,16?,17-/m1/s1. The molecule has 0 bridgehead atoms. The van der Waals surface area contributed by atoms with Gasteiger partial charge in [0.2, 0.25) is 0 Å². The molecule has 3 unspecified atom stereocenters. The highest BCUT2D eigenvalue weighted by Crippen LogP contribution is 2.41. The van der Waals surface area contributed by atoms with Gasteiger partial charge in [0.25, 0.3) is 0 Å². The molecule has 2 aliphatic heterocycles. The summed E-state index contributed by atoms with van der Waals surface area (Å²) < 4.78 is 24.2. The third-order valence-electron chi connectivity index (χ3n) is 4.52. The maximum absolute atomic E-state index is 6.20.